The lowest BCUT2D eigenvalue weighted by molar-refractivity contribution is -0.130. The lowest BCUT2D eigenvalue weighted by atomic mass is 10.0. The third-order valence-electron chi connectivity index (χ3n) is 10.7. The van der Waals surface area contributed by atoms with Crippen LogP contribution >= 0.6 is 0 Å². The molecule has 0 aromatic heterocycles. The third kappa shape index (κ3) is 39.0. The van der Waals surface area contributed by atoms with Gasteiger partial charge in [-0.2, -0.15) is 8.42 Å². The van der Waals surface area contributed by atoms with E-state index in [0.29, 0.717) is 6.42 Å². The van der Waals surface area contributed by atoms with Gasteiger partial charge < -0.3 is 15.5 Å². The molecule has 1 amide bonds. The second-order valence-electron chi connectivity index (χ2n) is 16.2. The van der Waals surface area contributed by atoms with Crippen molar-refractivity contribution >= 4 is 16.0 Å². The summed E-state index contributed by atoms with van der Waals surface area (Å²) in [4.78, 5) is 12.6. The van der Waals surface area contributed by atoms with Gasteiger partial charge in [-0.25, -0.2) is 0 Å². The van der Waals surface area contributed by atoms with E-state index in [9.17, 15) is 28.0 Å². The predicted molar refractivity (Wildman–Crippen MR) is 232 cm³/mol. The van der Waals surface area contributed by atoms with Crippen molar-refractivity contribution in [2.75, 3.05) is 5.75 Å². The normalized spacial score (nSPS) is 13.9. The molecule has 3 atom stereocenters. The molecule has 320 valence electrons. The zero-order valence-electron chi connectivity index (χ0n) is 35.5. The Labute approximate surface area is 335 Å². The molecule has 54 heavy (non-hydrogen) atoms. The van der Waals surface area contributed by atoms with Crippen molar-refractivity contribution in [3.63, 3.8) is 0 Å². The quantitative estimate of drug-likeness (QED) is 0.0278. The molecule has 0 aliphatic heterocycles. The van der Waals surface area contributed by atoms with E-state index in [1.165, 1.54) is 173 Å². The fraction of sp³-hybridized carbons (Fsp3) is 0.891. The smallest absolute Gasteiger partial charge is 0.267 e. The highest BCUT2D eigenvalue weighted by molar-refractivity contribution is 7.85. The zero-order chi connectivity index (χ0) is 39.8. The first-order valence-corrected chi connectivity index (χ1v) is 24.8. The molecule has 0 bridgehead atoms. The Balaban J connectivity index is 3.97. The van der Waals surface area contributed by atoms with Gasteiger partial charge in [-0.3, -0.25) is 9.35 Å². The van der Waals surface area contributed by atoms with Crippen molar-refractivity contribution in [2.45, 2.75) is 257 Å². The van der Waals surface area contributed by atoms with Crippen LogP contribution < -0.4 is 5.32 Å². The number of hydrogen-bond donors (Lipinski definition) is 4. The molecule has 0 aromatic rings. The summed E-state index contributed by atoms with van der Waals surface area (Å²) >= 11 is 0. The minimum absolute atomic E-state index is 0.275. The van der Waals surface area contributed by atoms with E-state index in [-0.39, 0.29) is 6.42 Å². The van der Waals surface area contributed by atoms with E-state index in [1.54, 1.807) is 0 Å². The summed E-state index contributed by atoms with van der Waals surface area (Å²) in [7, 11) is -4.44. The predicted octanol–water partition coefficient (Wildman–Crippen LogP) is 12.9. The maximum absolute atomic E-state index is 12.6. The number of hydrogen-bond acceptors (Lipinski definition) is 5. The van der Waals surface area contributed by atoms with Crippen LogP contribution in [0.5, 0.6) is 0 Å². The van der Waals surface area contributed by atoms with E-state index in [2.05, 4.69) is 31.3 Å². The fourth-order valence-electron chi connectivity index (χ4n) is 7.16. The number of aliphatic hydroxyl groups is 2. The molecule has 8 heteroatoms. The number of allylic oxidation sites excluding steroid dienone is 3. The number of unbranched alkanes of at least 4 members (excludes halogenated alkanes) is 31. The number of nitrogens with one attached hydrogen (secondary N) is 1. The molecule has 0 saturated carbocycles. The summed E-state index contributed by atoms with van der Waals surface area (Å²) in [6.07, 6.45) is 48.0. The van der Waals surface area contributed by atoms with Crippen LogP contribution in [0.3, 0.4) is 0 Å². The van der Waals surface area contributed by atoms with Crippen molar-refractivity contribution < 1.29 is 28.0 Å². The molecular formula is C46H89NO6S. The van der Waals surface area contributed by atoms with Crippen molar-refractivity contribution in [1.29, 1.82) is 0 Å². The molecule has 0 aliphatic carbocycles. The Morgan fingerprint density at radius 2 is 0.815 bits per heavy atom. The van der Waals surface area contributed by atoms with Gasteiger partial charge in [0.2, 0.25) is 5.91 Å². The Bertz CT molecular complexity index is 968. The molecule has 0 saturated heterocycles. The topological polar surface area (TPSA) is 124 Å². The average molecular weight is 784 g/mol. The van der Waals surface area contributed by atoms with Crippen LogP contribution in [0.2, 0.25) is 0 Å². The molecule has 0 rings (SSSR count). The van der Waals surface area contributed by atoms with Crippen LogP contribution in [0.1, 0.15) is 239 Å². The molecule has 0 fully saturated rings. The minimum Gasteiger partial charge on any atom is -0.387 e. The number of aliphatic hydroxyl groups excluding tert-OH is 2. The van der Waals surface area contributed by atoms with E-state index in [4.69, 9.17) is 0 Å². The number of amides is 1. The molecule has 0 heterocycles. The lowest BCUT2D eigenvalue weighted by Gasteiger charge is -2.22. The highest BCUT2D eigenvalue weighted by Crippen LogP contribution is 2.16. The summed E-state index contributed by atoms with van der Waals surface area (Å²) < 4.78 is 32.6. The first-order chi connectivity index (χ1) is 26.2. The minimum atomic E-state index is -4.44. The second-order valence-corrected chi connectivity index (χ2v) is 17.7. The van der Waals surface area contributed by atoms with Crippen LogP contribution in [-0.4, -0.2) is 53.1 Å². The van der Waals surface area contributed by atoms with E-state index in [0.717, 1.165) is 44.9 Å². The van der Waals surface area contributed by atoms with Crippen molar-refractivity contribution in [2.24, 2.45) is 0 Å². The Morgan fingerprint density at radius 3 is 1.17 bits per heavy atom. The Kier molecular flexibility index (Phi) is 39.1. The van der Waals surface area contributed by atoms with Crippen molar-refractivity contribution in [1.82, 2.24) is 5.32 Å². The molecule has 4 N–H and O–H groups in total. The summed E-state index contributed by atoms with van der Waals surface area (Å²) in [5.74, 6) is -1.53. The number of carbonyl (C=O) groups excluding carboxylic acids is 1. The lowest BCUT2D eigenvalue weighted by Crippen LogP contribution is -2.50. The maximum atomic E-state index is 12.6. The standard InChI is InChI=1S/C46H89NO6S/c1-3-5-7-9-11-13-15-17-19-21-23-25-26-28-30-32-34-36-38-40-44(48)43(42-54(51,52)53)47-46(50)45(49)41-39-37-35-33-31-29-27-24-22-20-18-16-14-12-10-8-6-4-2/h22,24,38,40,43-45,48-49H,3-21,23,25-37,39,41-42H2,1-2H3,(H,47,50)(H,51,52,53)/b24-22-,40-38+. The third-order valence-corrected chi connectivity index (χ3v) is 11.5. The van der Waals surface area contributed by atoms with E-state index in [1.807, 2.05) is 6.08 Å². The summed E-state index contributed by atoms with van der Waals surface area (Å²) in [5, 5.41) is 23.5. The maximum Gasteiger partial charge on any atom is 0.267 e. The number of rotatable bonds is 42. The largest absolute Gasteiger partial charge is 0.387 e. The highest BCUT2D eigenvalue weighted by atomic mass is 32.2. The van der Waals surface area contributed by atoms with Crippen LogP contribution in [0.25, 0.3) is 0 Å². The van der Waals surface area contributed by atoms with Crippen LogP contribution in [0.15, 0.2) is 24.3 Å². The summed E-state index contributed by atoms with van der Waals surface area (Å²) in [6, 6.07) is -1.23. The second kappa shape index (κ2) is 40.0. The van der Waals surface area contributed by atoms with Gasteiger partial charge in [0.15, 0.2) is 0 Å². The molecular weight excluding hydrogens is 695 g/mol. The van der Waals surface area contributed by atoms with Gasteiger partial charge in [0.25, 0.3) is 10.1 Å². The van der Waals surface area contributed by atoms with Gasteiger partial charge in [0.1, 0.15) is 6.10 Å². The molecule has 0 radical (unpaired) electrons. The van der Waals surface area contributed by atoms with Gasteiger partial charge >= 0.3 is 0 Å². The molecule has 0 aromatic carbocycles. The van der Waals surface area contributed by atoms with Crippen LogP contribution in [0.4, 0.5) is 0 Å². The Hall–Kier alpha value is -1.22. The average Bonchev–Trinajstić information content (AvgIpc) is 3.14. The Morgan fingerprint density at radius 1 is 0.500 bits per heavy atom. The zero-order valence-corrected chi connectivity index (χ0v) is 36.3. The summed E-state index contributed by atoms with van der Waals surface area (Å²) in [6.45, 7) is 4.53. The number of carbonyl (C=O) groups is 1. The molecule has 0 spiro atoms. The monoisotopic (exact) mass is 784 g/mol. The van der Waals surface area contributed by atoms with E-state index < -0.39 is 40.0 Å². The highest BCUT2D eigenvalue weighted by Gasteiger charge is 2.27. The van der Waals surface area contributed by atoms with Gasteiger partial charge in [0, 0.05) is 0 Å². The first-order valence-electron chi connectivity index (χ1n) is 23.1. The molecule has 3 unspecified atom stereocenters. The fourth-order valence-corrected chi connectivity index (χ4v) is 7.89. The molecule has 0 aliphatic rings. The van der Waals surface area contributed by atoms with Crippen LogP contribution in [-0.2, 0) is 14.9 Å². The SMILES string of the molecule is CCCCCCCCCC/C=C\CCCCCCCCC(O)C(=O)NC(CS(=O)(=O)O)C(O)/C=C/CCCCCCCCCCCCCCCCCCC. The summed E-state index contributed by atoms with van der Waals surface area (Å²) in [5.41, 5.74) is 0. The van der Waals surface area contributed by atoms with Gasteiger partial charge in [-0.05, 0) is 44.9 Å². The van der Waals surface area contributed by atoms with Crippen molar-refractivity contribution in [3.05, 3.63) is 24.3 Å². The van der Waals surface area contributed by atoms with Crippen LogP contribution in [0, 0.1) is 0 Å². The van der Waals surface area contributed by atoms with Gasteiger partial charge in [-0.1, -0.05) is 218 Å². The van der Waals surface area contributed by atoms with Gasteiger partial charge in [-0.15, -0.1) is 0 Å². The van der Waals surface area contributed by atoms with Gasteiger partial charge in [0.05, 0.1) is 17.9 Å². The van der Waals surface area contributed by atoms with Crippen molar-refractivity contribution in [3.8, 4) is 0 Å². The first kappa shape index (κ1) is 52.8. The molecule has 7 nitrogen and oxygen atoms in total. The van der Waals surface area contributed by atoms with E-state index >= 15 is 0 Å².